The SMILES string of the molecule is CCC(=O)C[C@H](C(=O)N1CCC[C@H]1C1=Nc2ccc(-c3ccc(-c4ccc5c(c4)CC([C@@H]4CCCN4C(=O)[C@@H](CC(=O)OC)C(C)C)=N5)c4c3CC3(C4)OCCO3)cc2C1)C(C)C. The molecule has 0 unspecified atom stereocenters. The predicted molar refractivity (Wildman–Crippen MR) is 244 cm³/mol. The van der Waals surface area contributed by atoms with E-state index < -0.39 is 11.7 Å². The Morgan fingerprint density at radius 1 is 0.714 bits per heavy atom. The number of ether oxygens (including phenoxy) is 3. The molecule has 11 nitrogen and oxygen atoms in total. The molecule has 0 radical (unpaired) electrons. The Morgan fingerprint density at radius 2 is 1.19 bits per heavy atom. The molecule has 0 N–H and O–H groups in total. The van der Waals surface area contributed by atoms with Crippen molar-refractivity contribution in [2.45, 2.75) is 123 Å². The van der Waals surface area contributed by atoms with Crippen molar-refractivity contribution in [3.05, 3.63) is 70.8 Å². The largest absolute Gasteiger partial charge is 0.469 e. The average molecular weight is 855 g/mol. The number of fused-ring (bicyclic) bond motifs is 3. The lowest BCUT2D eigenvalue weighted by molar-refractivity contribution is -0.148. The monoisotopic (exact) mass is 854 g/mol. The number of Topliss-reactive ketones (excluding diaryl/α,β-unsaturated/α-hetero) is 1. The van der Waals surface area contributed by atoms with Gasteiger partial charge in [0.25, 0.3) is 0 Å². The number of ketones is 1. The van der Waals surface area contributed by atoms with E-state index in [-0.39, 0.29) is 59.8 Å². The molecular weight excluding hydrogens is 793 g/mol. The van der Waals surface area contributed by atoms with Crippen LogP contribution in [0.25, 0.3) is 22.3 Å². The van der Waals surface area contributed by atoms with Crippen molar-refractivity contribution in [3.8, 4) is 22.3 Å². The number of benzene rings is 3. The number of hydrogen-bond acceptors (Lipinski definition) is 9. The Morgan fingerprint density at radius 3 is 1.63 bits per heavy atom. The van der Waals surface area contributed by atoms with E-state index in [0.717, 1.165) is 65.2 Å². The molecule has 9 rings (SSSR count). The number of esters is 1. The smallest absolute Gasteiger partial charge is 0.306 e. The first kappa shape index (κ1) is 43.3. The number of carbonyl (C=O) groups excluding carboxylic acids is 4. The molecule has 4 atom stereocenters. The molecule has 3 aromatic carbocycles. The summed E-state index contributed by atoms with van der Waals surface area (Å²) in [4.78, 5) is 66.8. The normalized spacial score (nSPS) is 21.8. The molecule has 5 heterocycles. The van der Waals surface area contributed by atoms with Crippen LogP contribution in [0.4, 0.5) is 11.4 Å². The van der Waals surface area contributed by atoms with Gasteiger partial charge in [0.1, 0.15) is 5.78 Å². The summed E-state index contributed by atoms with van der Waals surface area (Å²) in [6, 6.07) is 17.5. The van der Waals surface area contributed by atoms with Crippen molar-refractivity contribution >= 4 is 46.4 Å². The highest BCUT2D eigenvalue weighted by Crippen LogP contribution is 2.47. The topological polar surface area (TPSA) is 127 Å². The van der Waals surface area contributed by atoms with Gasteiger partial charge < -0.3 is 24.0 Å². The first-order chi connectivity index (χ1) is 30.4. The van der Waals surface area contributed by atoms with Gasteiger partial charge in [-0.3, -0.25) is 29.2 Å². The Labute approximate surface area is 371 Å². The number of carbonyl (C=O) groups is 4. The summed E-state index contributed by atoms with van der Waals surface area (Å²) < 4.78 is 17.7. The van der Waals surface area contributed by atoms with Gasteiger partial charge in [-0.1, -0.05) is 58.9 Å². The summed E-state index contributed by atoms with van der Waals surface area (Å²) in [5.74, 6) is -1.42. The van der Waals surface area contributed by atoms with E-state index in [9.17, 15) is 19.2 Å². The molecule has 3 aromatic rings. The molecule has 11 heteroatoms. The van der Waals surface area contributed by atoms with E-state index in [0.29, 0.717) is 64.8 Å². The number of aliphatic imine (C=N–C) groups is 2. The van der Waals surface area contributed by atoms with E-state index >= 15 is 0 Å². The molecule has 1 aliphatic carbocycles. The molecule has 6 aliphatic rings. The van der Waals surface area contributed by atoms with Crippen LogP contribution in [0.3, 0.4) is 0 Å². The zero-order valence-electron chi connectivity index (χ0n) is 37.8. The van der Waals surface area contributed by atoms with Gasteiger partial charge in [-0.2, -0.15) is 0 Å². The Balaban J connectivity index is 0.952. The second-order valence-corrected chi connectivity index (χ2v) is 19.3. The molecule has 3 fully saturated rings. The lowest BCUT2D eigenvalue weighted by Gasteiger charge is -2.30. The number of amides is 2. The molecule has 0 aromatic heterocycles. The van der Waals surface area contributed by atoms with Crippen LogP contribution in [-0.2, 0) is 59.1 Å². The van der Waals surface area contributed by atoms with E-state index in [4.69, 9.17) is 24.2 Å². The van der Waals surface area contributed by atoms with Crippen molar-refractivity contribution < 1.29 is 33.4 Å². The summed E-state index contributed by atoms with van der Waals surface area (Å²) >= 11 is 0. The van der Waals surface area contributed by atoms with Crippen molar-refractivity contribution in [1.82, 2.24) is 9.80 Å². The third-order valence-corrected chi connectivity index (χ3v) is 14.7. The summed E-state index contributed by atoms with van der Waals surface area (Å²) in [7, 11) is 1.37. The minimum absolute atomic E-state index is 0.0130. The van der Waals surface area contributed by atoms with Crippen LogP contribution in [0.5, 0.6) is 0 Å². The van der Waals surface area contributed by atoms with Crippen molar-refractivity contribution in [2.75, 3.05) is 33.4 Å². The number of likely N-dealkylation sites (tertiary alicyclic amines) is 2. The van der Waals surface area contributed by atoms with Crippen LogP contribution in [0.1, 0.15) is 102 Å². The number of methoxy groups -OCH3 is 1. The maximum atomic E-state index is 14.0. The maximum Gasteiger partial charge on any atom is 0.306 e. The quantitative estimate of drug-likeness (QED) is 0.158. The highest BCUT2D eigenvalue weighted by Gasteiger charge is 2.45. The molecule has 0 bridgehead atoms. The third kappa shape index (κ3) is 8.20. The molecule has 63 heavy (non-hydrogen) atoms. The molecular formula is C52H62N4O7. The summed E-state index contributed by atoms with van der Waals surface area (Å²) in [5.41, 5.74) is 13.4. The minimum atomic E-state index is -0.679. The molecule has 0 saturated carbocycles. The first-order valence-electron chi connectivity index (χ1n) is 23.4. The Hall–Kier alpha value is -5.00. The zero-order valence-corrected chi connectivity index (χ0v) is 37.8. The van der Waals surface area contributed by atoms with Gasteiger partial charge in [0.2, 0.25) is 11.8 Å². The summed E-state index contributed by atoms with van der Waals surface area (Å²) in [6.45, 7) is 12.5. The van der Waals surface area contributed by atoms with Gasteiger partial charge in [-0.15, -0.1) is 0 Å². The second kappa shape index (κ2) is 17.5. The van der Waals surface area contributed by atoms with Crippen LogP contribution in [-0.4, -0.2) is 96.1 Å². The number of hydrogen-bond donors (Lipinski definition) is 0. The zero-order chi connectivity index (χ0) is 44.2. The van der Waals surface area contributed by atoms with Crippen molar-refractivity contribution in [3.63, 3.8) is 0 Å². The average Bonchev–Trinajstić information content (AvgIpc) is 4.14. The van der Waals surface area contributed by atoms with Gasteiger partial charge in [0, 0.05) is 69.0 Å². The standard InChI is InChI=1S/C52H62N4O7/c1-7-36(57)26-39(30(2)3)50(59)55-18-8-10-47(55)45-24-34-22-32(12-16-43(34)53-45)37-14-15-38(42-29-52(28-41(37)42)62-20-21-63-52)33-13-17-44-35(23-33)25-46(54-44)48-11-9-19-56(48)51(60)40(31(4)5)27-49(58)61-6/h12-17,22-23,30-31,39-40,47-48H,7-11,18-21,24-29H2,1-6H3/t39-,40-,47-,48-/m0/s1. The van der Waals surface area contributed by atoms with Gasteiger partial charge in [0.05, 0.1) is 56.1 Å². The van der Waals surface area contributed by atoms with Gasteiger partial charge >= 0.3 is 5.97 Å². The van der Waals surface area contributed by atoms with E-state index in [2.05, 4.69) is 48.5 Å². The lowest BCUT2D eigenvalue weighted by Crippen LogP contribution is -2.45. The highest BCUT2D eigenvalue weighted by molar-refractivity contribution is 6.02. The molecule has 5 aliphatic heterocycles. The predicted octanol–water partition coefficient (Wildman–Crippen LogP) is 8.58. The second-order valence-electron chi connectivity index (χ2n) is 19.3. The number of nitrogens with zero attached hydrogens (tertiary/aromatic N) is 4. The molecule has 2 amide bonds. The summed E-state index contributed by atoms with van der Waals surface area (Å²) in [5, 5.41) is 0. The molecule has 3 saturated heterocycles. The van der Waals surface area contributed by atoms with E-state index in [1.807, 2.05) is 44.4 Å². The molecule has 1 spiro atoms. The lowest BCUT2D eigenvalue weighted by atomic mass is 9.88. The highest BCUT2D eigenvalue weighted by atomic mass is 16.7. The van der Waals surface area contributed by atoms with Gasteiger partial charge in [0.15, 0.2) is 5.79 Å². The van der Waals surface area contributed by atoms with Crippen LogP contribution in [0, 0.1) is 23.7 Å². The fraction of sp³-hybridized carbons (Fsp3) is 0.538. The van der Waals surface area contributed by atoms with Crippen LogP contribution < -0.4 is 0 Å². The van der Waals surface area contributed by atoms with Crippen LogP contribution in [0.15, 0.2) is 58.5 Å². The fourth-order valence-corrected chi connectivity index (χ4v) is 11.2. The van der Waals surface area contributed by atoms with Crippen molar-refractivity contribution in [1.29, 1.82) is 0 Å². The minimum Gasteiger partial charge on any atom is -0.469 e. The van der Waals surface area contributed by atoms with Gasteiger partial charge in [-0.05, 0) is 106 Å². The Kier molecular flexibility index (Phi) is 12.0. The van der Waals surface area contributed by atoms with Gasteiger partial charge in [-0.25, -0.2) is 0 Å². The number of rotatable bonds is 13. The first-order valence-corrected chi connectivity index (χ1v) is 23.4. The van der Waals surface area contributed by atoms with Crippen molar-refractivity contribution in [2.24, 2.45) is 33.7 Å². The van der Waals surface area contributed by atoms with E-state index in [1.54, 1.807) is 0 Å². The van der Waals surface area contributed by atoms with Crippen LogP contribution in [0.2, 0.25) is 0 Å². The summed E-state index contributed by atoms with van der Waals surface area (Å²) in [6.07, 6.45) is 7.15. The molecule has 332 valence electrons. The van der Waals surface area contributed by atoms with E-state index in [1.165, 1.54) is 34.9 Å². The fourth-order valence-electron chi connectivity index (χ4n) is 11.2. The van der Waals surface area contributed by atoms with Crippen LogP contribution >= 0.6 is 0 Å². The Bertz CT molecular complexity index is 2230. The third-order valence-electron chi connectivity index (χ3n) is 14.7. The maximum absolute atomic E-state index is 14.0.